The summed E-state index contributed by atoms with van der Waals surface area (Å²) in [5, 5.41) is 22.6. The first-order valence-electron chi connectivity index (χ1n) is 8.49. The number of carbonyl (C=O) groups is 1. The number of aliphatic carboxylic acids is 1. The van der Waals surface area contributed by atoms with Gasteiger partial charge in [-0.25, -0.2) is 4.79 Å². The van der Waals surface area contributed by atoms with Crippen molar-refractivity contribution in [2.75, 3.05) is 6.61 Å². The van der Waals surface area contributed by atoms with Crippen LogP contribution in [-0.2, 0) is 4.79 Å². The maximum atomic E-state index is 10.9. The van der Waals surface area contributed by atoms with Crippen LogP contribution in [0.1, 0.15) is 42.9 Å². The summed E-state index contributed by atoms with van der Waals surface area (Å²) in [7, 11) is 0. The molecule has 0 saturated carbocycles. The number of fused-ring (bicyclic) bond motifs is 1. The summed E-state index contributed by atoms with van der Waals surface area (Å²) in [4.78, 5) is 10.9. The summed E-state index contributed by atoms with van der Waals surface area (Å²) in [5.41, 5.74) is 2.35. The molecule has 0 aromatic heterocycles. The molecule has 0 heterocycles. The van der Waals surface area contributed by atoms with Crippen molar-refractivity contribution in [3.05, 3.63) is 63.1 Å². The van der Waals surface area contributed by atoms with Crippen LogP contribution in [0.15, 0.2) is 41.6 Å². The molecule has 0 radical (unpaired) electrons. The lowest BCUT2D eigenvalue weighted by molar-refractivity contribution is -0.139. The van der Waals surface area contributed by atoms with Crippen LogP contribution in [0.3, 0.4) is 0 Å². The number of ether oxygens (including phenoxy) is 1. The Morgan fingerprint density at radius 3 is 2.48 bits per heavy atom. The lowest BCUT2D eigenvalue weighted by Crippen LogP contribution is -2.28. The number of carboxylic acids is 1. The summed E-state index contributed by atoms with van der Waals surface area (Å²) in [6, 6.07) is 11.5. The molecule has 0 aliphatic heterocycles. The Labute approximate surface area is 167 Å². The third-order valence-corrected chi connectivity index (χ3v) is 6.10. The summed E-state index contributed by atoms with van der Waals surface area (Å²) < 4.78 is 5.34. The fraction of sp³-hybridized carbons (Fsp3) is 0.300. The van der Waals surface area contributed by atoms with E-state index in [2.05, 4.69) is 5.16 Å². The van der Waals surface area contributed by atoms with Gasteiger partial charge in [-0.3, -0.25) is 0 Å². The normalized spacial score (nSPS) is 22.7. The fourth-order valence-electron chi connectivity index (χ4n) is 3.83. The van der Waals surface area contributed by atoms with Gasteiger partial charge < -0.3 is 15.1 Å². The van der Waals surface area contributed by atoms with Gasteiger partial charge in [-0.05, 0) is 23.6 Å². The van der Waals surface area contributed by atoms with E-state index in [1.807, 2.05) is 44.2 Å². The first kappa shape index (κ1) is 19.5. The highest BCUT2D eigenvalue weighted by molar-refractivity contribution is 6.45. The van der Waals surface area contributed by atoms with E-state index in [9.17, 15) is 10.0 Å². The molecule has 7 heteroatoms. The monoisotopic (exact) mass is 407 g/mol. The maximum Gasteiger partial charge on any atom is 0.341 e. The predicted octanol–water partition coefficient (Wildman–Crippen LogP) is 5.20. The van der Waals surface area contributed by atoms with E-state index in [-0.39, 0.29) is 21.7 Å². The van der Waals surface area contributed by atoms with Crippen molar-refractivity contribution in [2.45, 2.75) is 26.2 Å². The second-order valence-electron chi connectivity index (χ2n) is 6.71. The summed E-state index contributed by atoms with van der Waals surface area (Å²) in [6.45, 7) is 3.50. The molecule has 0 spiro atoms. The Morgan fingerprint density at radius 1 is 1.26 bits per heavy atom. The zero-order valence-electron chi connectivity index (χ0n) is 14.9. The summed E-state index contributed by atoms with van der Waals surface area (Å²) in [6.07, 6.45) is 0.694. The van der Waals surface area contributed by atoms with Crippen LogP contribution in [0, 0.1) is 5.41 Å². The van der Waals surface area contributed by atoms with E-state index in [1.165, 1.54) is 0 Å². The average molecular weight is 408 g/mol. The van der Waals surface area contributed by atoms with Gasteiger partial charge in [0.25, 0.3) is 0 Å². The number of halogens is 2. The number of oxime groups is 1. The lowest BCUT2D eigenvalue weighted by Gasteiger charge is -2.31. The molecule has 2 aromatic carbocycles. The highest BCUT2D eigenvalue weighted by Gasteiger charge is 2.49. The summed E-state index contributed by atoms with van der Waals surface area (Å²) >= 11 is 12.8. The number of hydrogen-bond acceptors (Lipinski definition) is 4. The van der Waals surface area contributed by atoms with Crippen molar-refractivity contribution in [1.82, 2.24) is 0 Å². The van der Waals surface area contributed by atoms with Gasteiger partial charge in [0.1, 0.15) is 10.8 Å². The van der Waals surface area contributed by atoms with Gasteiger partial charge in [0, 0.05) is 16.9 Å². The van der Waals surface area contributed by atoms with Crippen LogP contribution in [0.2, 0.25) is 10.0 Å². The zero-order chi connectivity index (χ0) is 19.8. The van der Waals surface area contributed by atoms with Crippen LogP contribution < -0.4 is 4.74 Å². The van der Waals surface area contributed by atoms with Gasteiger partial charge in [-0.1, -0.05) is 72.5 Å². The molecule has 0 bridgehead atoms. The Kier molecular flexibility index (Phi) is 5.36. The van der Waals surface area contributed by atoms with E-state index in [4.69, 9.17) is 33.0 Å². The minimum Gasteiger partial charge on any atom is -0.480 e. The third kappa shape index (κ3) is 3.15. The van der Waals surface area contributed by atoms with Crippen molar-refractivity contribution in [3.8, 4) is 5.75 Å². The van der Waals surface area contributed by atoms with Gasteiger partial charge in [-0.2, -0.15) is 0 Å². The molecule has 2 N–H and O–H groups in total. The Hall–Kier alpha value is -2.24. The van der Waals surface area contributed by atoms with Gasteiger partial charge in [0.2, 0.25) is 0 Å². The molecule has 142 valence electrons. The Balaban J connectivity index is 2.27. The molecule has 1 aliphatic carbocycles. The van der Waals surface area contributed by atoms with Crippen LogP contribution >= 0.6 is 23.2 Å². The number of carboxylic acid groups (broad SMARTS) is 1. The first-order valence-corrected chi connectivity index (χ1v) is 9.25. The van der Waals surface area contributed by atoms with Crippen molar-refractivity contribution in [1.29, 1.82) is 0 Å². The van der Waals surface area contributed by atoms with Crippen LogP contribution in [0.5, 0.6) is 5.75 Å². The minimum absolute atomic E-state index is 0.102. The number of nitrogens with zero attached hydrogens (tertiary/aromatic N) is 1. The third-order valence-electron chi connectivity index (χ3n) is 5.25. The number of rotatable bonds is 5. The van der Waals surface area contributed by atoms with Crippen molar-refractivity contribution in [3.63, 3.8) is 0 Å². The molecule has 5 nitrogen and oxygen atoms in total. The van der Waals surface area contributed by atoms with Crippen LogP contribution in [0.4, 0.5) is 0 Å². The largest absolute Gasteiger partial charge is 0.480 e. The maximum absolute atomic E-state index is 10.9. The van der Waals surface area contributed by atoms with Gasteiger partial charge >= 0.3 is 5.97 Å². The van der Waals surface area contributed by atoms with Gasteiger partial charge in [-0.15, -0.1) is 0 Å². The lowest BCUT2D eigenvalue weighted by atomic mass is 9.71. The van der Waals surface area contributed by atoms with Crippen LogP contribution in [-0.4, -0.2) is 28.6 Å². The molecule has 0 amide bonds. The smallest absolute Gasteiger partial charge is 0.341 e. The highest BCUT2D eigenvalue weighted by Crippen LogP contribution is 2.56. The van der Waals surface area contributed by atoms with Crippen LogP contribution in [0.25, 0.3) is 0 Å². The van der Waals surface area contributed by atoms with Gasteiger partial charge in [0.15, 0.2) is 6.61 Å². The van der Waals surface area contributed by atoms with E-state index < -0.39 is 18.0 Å². The van der Waals surface area contributed by atoms with E-state index in [0.29, 0.717) is 17.7 Å². The second-order valence-corrected chi connectivity index (χ2v) is 7.47. The van der Waals surface area contributed by atoms with E-state index in [1.54, 1.807) is 6.07 Å². The molecular weight excluding hydrogens is 389 g/mol. The minimum atomic E-state index is -1.11. The highest BCUT2D eigenvalue weighted by atomic mass is 35.5. The molecule has 27 heavy (non-hydrogen) atoms. The molecule has 3 rings (SSSR count). The Bertz CT molecular complexity index is 914. The molecular formula is C20H19Cl2NO4. The Morgan fingerprint density at radius 2 is 1.93 bits per heavy atom. The summed E-state index contributed by atoms with van der Waals surface area (Å²) in [5.74, 6) is -1.06. The number of benzene rings is 2. The molecule has 2 atom stereocenters. The average Bonchev–Trinajstić information content (AvgIpc) is 2.92. The predicted molar refractivity (Wildman–Crippen MR) is 105 cm³/mol. The standard InChI is InChI=1S/C20H19Cl2NO4/c1-3-20(2)16(11-7-5-4-6-8-11)12-9-13(27-10-14(24)25)17(21)18(22)15(12)19(20)23-26/h4-9,16,26H,3,10H2,1-2H3,(H,24,25). The van der Waals surface area contributed by atoms with Crippen molar-refractivity contribution < 1.29 is 19.8 Å². The topological polar surface area (TPSA) is 79.1 Å². The number of hydrogen-bond donors (Lipinski definition) is 2. The van der Waals surface area contributed by atoms with E-state index >= 15 is 0 Å². The molecule has 0 fully saturated rings. The molecule has 2 unspecified atom stereocenters. The van der Waals surface area contributed by atoms with E-state index in [0.717, 1.165) is 11.1 Å². The SMILES string of the molecule is CCC1(C)C(=NO)c2c(cc(OCC(=O)O)c(Cl)c2Cl)C1c1ccccc1. The fourth-order valence-corrected chi connectivity index (χ4v) is 4.32. The van der Waals surface area contributed by atoms with Gasteiger partial charge in [0.05, 0.1) is 10.7 Å². The van der Waals surface area contributed by atoms with Crippen molar-refractivity contribution >= 4 is 34.9 Å². The van der Waals surface area contributed by atoms with Crippen molar-refractivity contribution in [2.24, 2.45) is 10.6 Å². The second kappa shape index (κ2) is 7.41. The zero-order valence-corrected chi connectivity index (χ0v) is 16.4. The molecule has 1 aliphatic rings. The quantitative estimate of drug-likeness (QED) is 0.527. The first-order chi connectivity index (χ1) is 12.8. The molecule has 2 aromatic rings. The molecule has 0 saturated heterocycles.